The van der Waals surface area contributed by atoms with Gasteiger partial charge in [0, 0.05) is 0 Å². The second kappa shape index (κ2) is 7.44. The van der Waals surface area contributed by atoms with E-state index in [4.69, 9.17) is 4.74 Å². The van der Waals surface area contributed by atoms with E-state index in [0.717, 1.165) is 12.0 Å². The molecule has 2 rings (SSSR count). The Balaban J connectivity index is 1.97. The van der Waals surface area contributed by atoms with Crippen LogP contribution in [0.1, 0.15) is 25.0 Å². The Hall–Kier alpha value is -2.35. The number of para-hydroxylation sites is 1. The Morgan fingerprint density at radius 2 is 1.71 bits per heavy atom. The van der Waals surface area contributed by atoms with Gasteiger partial charge in [0.2, 0.25) is 0 Å². The molecule has 0 saturated heterocycles. The number of carbonyl (C=O) groups excluding carboxylic acids is 1. The van der Waals surface area contributed by atoms with E-state index >= 15 is 0 Å². The lowest BCUT2D eigenvalue weighted by molar-refractivity contribution is -0.133. The van der Waals surface area contributed by atoms with Crippen LogP contribution in [0.4, 0.5) is 0 Å². The molecule has 2 aromatic rings. The molecule has 0 spiro atoms. The fourth-order valence-electron chi connectivity index (χ4n) is 2.01. The number of benzene rings is 2. The number of carbonyl (C=O) groups is 1. The second-order valence-corrected chi connectivity index (χ2v) is 5.27. The average molecular weight is 280 g/mol. The first-order valence-electron chi connectivity index (χ1n) is 7.10. The molecule has 0 amide bonds. The van der Waals surface area contributed by atoms with E-state index in [9.17, 15) is 4.79 Å². The molecule has 0 aromatic heterocycles. The summed E-state index contributed by atoms with van der Waals surface area (Å²) < 4.78 is 5.31. The summed E-state index contributed by atoms with van der Waals surface area (Å²) >= 11 is 0. The molecule has 108 valence electrons. The monoisotopic (exact) mass is 280 g/mol. The summed E-state index contributed by atoms with van der Waals surface area (Å²) in [6.07, 6.45) is 3.36. The van der Waals surface area contributed by atoms with Crippen molar-refractivity contribution < 1.29 is 9.53 Å². The van der Waals surface area contributed by atoms with Gasteiger partial charge in [-0.25, -0.2) is 0 Å². The summed E-state index contributed by atoms with van der Waals surface area (Å²) in [7, 11) is 0. The largest absolute Gasteiger partial charge is 0.426 e. The highest BCUT2D eigenvalue weighted by atomic mass is 16.5. The van der Waals surface area contributed by atoms with Gasteiger partial charge in [0.25, 0.3) is 0 Å². The molecule has 2 heteroatoms. The summed E-state index contributed by atoms with van der Waals surface area (Å²) in [4.78, 5) is 11.9. The van der Waals surface area contributed by atoms with Gasteiger partial charge in [-0.1, -0.05) is 54.1 Å². The van der Waals surface area contributed by atoms with E-state index in [1.54, 1.807) is 12.1 Å². The number of rotatable bonds is 5. The molecular weight excluding hydrogens is 260 g/mol. The third-order valence-electron chi connectivity index (χ3n) is 3.06. The number of ether oxygens (including phenoxy) is 1. The molecule has 2 nitrogen and oxygen atoms in total. The van der Waals surface area contributed by atoms with Gasteiger partial charge in [-0.05, 0) is 43.5 Å². The molecule has 0 radical (unpaired) electrons. The molecular formula is C19H20O2. The zero-order chi connectivity index (χ0) is 15.1. The Labute approximate surface area is 126 Å². The van der Waals surface area contributed by atoms with E-state index < -0.39 is 0 Å². The first kappa shape index (κ1) is 15.0. The molecule has 0 bridgehead atoms. The number of hydrogen-bond donors (Lipinski definition) is 0. The van der Waals surface area contributed by atoms with Crippen LogP contribution in [0.5, 0.6) is 5.75 Å². The van der Waals surface area contributed by atoms with Crippen LogP contribution in [0.25, 0.3) is 0 Å². The van der Waals surface area contributed by atoms with Crippen LogP contribution in [0.2, 0.25) is 0 Å². The predicted octanol–water partition coefficient (Wildman–Crippen LogP) is 4.34. The molecule has 0 unspecified atom stereocenters. The molecule has 0 atom stereocenters. The van der Waals surface area contributed by atoms with E-state index in [2.05, 4.69) is 32.1 Å². The van der Waals surface area contributed by atoms with E-state index in [1.807, 2.05) is 30.3 Å². The Bertz CT molecular complexity index is 623. The zero-order valence-electron chi connectivity index (χ0n) is 12.5. The minimum atomic E-state index is -0.236. The van der Waals surface area contributed by atoms with Crippen molar-refractivity contribution in [3.8, 4) is 5.75 Å². The lowest BCUT2D eigenvalue weighted by Gasteiger charge is -2.05. The maximum atomic E-state index is 11.9. The highest BCUT2D eigenvalue weighted by molar-refractivity contribution is 5.75. The zero-order valence-corrected chi connectivity index (χ0v) is 12.5. The molecule has 0 aliphatic carbocycles. The lowest BCUT2D eigenvalue weighted by atomic mass is 10.1. The Kier molecular flexibility index (Phi) is 5.33. The molecule has 0 aliphatic rings. The summed E-state index contributed by atoms with van der Waals surface area (Å²) in [6.45, 7) is 4.17. The van der Waals surface area contributed by atoms with Gasteiger partial charge in [-0.3, -0.25) is 4.79 Å². The smallest absolute Gasteiger partial charge is 0.315 e. The lowest BCUT2D eigenvalue weighted by Crippen LogP contribution is -2.11. The molecule has 0 aliphatic heterocycles. The van der Waals surface area contributed by atoms with Crippen molar-refractivity contribution in [3.05, 3.63) is 77.4 Å². The maximum Gasteiger partial charge on any atom is 0.315 e. The standard InChI is InChI=1S/C19H20O2/c1-15(2)11-12-16-7-6-8-17(13-16)14-19(20)21-18-9-4-3-5-10-18/h3-11,13H,12,14H2,1-2H3. The molecule has 0 heterocycles. The van der Waals surface area contributed by atoms with Crippen LogP contribution in [-0.4, -0.2) is 5.97 Å². The summed E-state index contributed by atoms with van der Waals surface area (Å²) in [5.74, 6) is 0.351. The Morgan fingerprint density at radius 3 is 2.43 bits per heavy atom. The topological polar surface area (TPSA) is 26.3 Å². The van der Waals surface area contributed by atoms with Gasteiger partial charge in [-0.2, -0.15) is 0 Å². The highest BCUT2D eigenvalue weighted by Crippen LogP contribution is 2.12. The average Bonchev–Trinajstić information content (AvgIpc) is 2.46. The van der Waals surface area contributed by atoms with Crippen LogP contribution in [0, 0.1) is 0 Å². The number of hydrogen-bond acceptors (Lipinski definition) is 2. The second-order valence-electron chi connectivity index (χ2n) is 5.27. The van der Waals surface area contributed by atoms with Crippen molar-refractivity contribution >= 4 is 5.97 Å². The summed E-state index contributed by atoms with van der Waals surface area (Å²) in [5.41, 5.74) is 3.49. The van der Waals surface area contributed by atoms with Crippen molar-refractivity contribution in [2.45, 2.75) is 26.7 Å². The van der Waals surface area contributed by atoms with Gasteiger partial charge in [0.05, 0.1) is 6.42 Å². The minimum Gasteiger partial charge on any atom is -0.426 e. The van der Waals surface area contributed by atoms with Crippen LogP contribution in [-0.2, 0) is 17.6 Å². The molecule has 0 fully saturated rings. The van der Waals surface area contributed by atoms with Crippen LogP contribution in [0.3, 0.4) is 0 Å². The van der Waals surface area contributed by atoms with Gasteiger partial charge in [0.15, 0.2) is 0 Å². The van der Waals surface area contributed by atoms with Crippen LogP contribution in [0.15, 0.2) is 66.2 Å². The molecule has 21 heavy (non-hydrogen) atoms. The number of allylic oxidation sites excluding steroid dienone is 2. The maximum absolute atomic E-state index is 11.9. The number of esters is 1. The Morgan fingerprint density at radius 1 is 1.00 bits per heavy atom. The third kappa shape index (κ3) is 5.27. The van der Waals surface area contributed by atoms with Crippen molar-refractivity contribution in [1.82, 2.24) is 0 Å². The first-order valence-corrected chi connectivity index (χ1v) is 7.10. The van der Waals surface area contributed by atoms with E-state index in [-0.39, 0.29) is 12.4 Å². The highest BCUT2D eigenvalue weighted by Gasteiger charge is 2.06. The van der Waals surface area contributed by atoms with E-state index in [0.29, 0.717) is 5.75 Å². The fourth-order valence-corrected chi connectivity index (χ4v) is 2.01. The van der Waals surface area contributed by atoms with Crippen LogP contribution >= 0.6 is 0 Å². The predicted molar refractivity (Wildman–Crippen MR) is 85.4 cm³/mol. The molecule has 2 aromatic carbocycles. The van der Waals surface area contributed by atoms with Crippen LogP contribution < -0.4 is 4.74 Å². The molecule has 0 saturated carbocycles. The third-order valence-corrected chi connectivity index (χ3v) is 3.06. The van der Waals surface area contributed by atoms with Crippen molar-refractivity contribution in [3.63, 3.8) is 0 Å². The van der Waals surface area contributed by atoms with Crippen molar-refractivity contribution in [1.29, 1.82) is 0 Å². The summed E-state index contributed by atoms with van der Waals surface area (Å²) in [5, 5.41) is 0. The van der Waals surface area contributed by atoms with Crippen molar-refractivity contribution in [2.75, 3.05) is 0 Å². The van der Waals surface area contributed by atoms with Gasteiger partial charge in [0.1, 0.15) is 5.75 Å². The molecule has 0 N–H and O–H groups in total. The van der Waals surface area contributed by atoms with Gasteiger partial charge < -0.3 is 4.74 Å². The fraction of sp³-hybridized carbons (Fsp3) is 0.211. The minimum absolute atomic E-state index is 0.236. The van der Waals surface area contributed by atoms with E-state index in [1.165, 1.54) is 11.1 Å². The summed E-state index contributed by atoms with van der Waals surface area (Å²) in [6, 6.07) is 17.2. The normalized spacial score (nSPS) is 10.0. The first-order chi connectivity index (χ1) is 10.1. The van der Waals surface area contributed by atoms with Gasteiger partial charge >= 0.3 is 5.97 Å². The SMILES string of the molecule is CC(C)=CCc1cccc(CC(=O)Oc2ccccc2)c1. The quantitative estimate of drug-likeness (QED) is 0.462. The van der Waals surface area contributed by atoms with Gasteiger partial charge in [-0.15, -0.1) is 0 Å². The van der Waals surface area contributed by atoms with Crippen molar-refractivity contribution in [2.24, 2.45) is 0 Å².